The summed E-state index contributed by atoms with van der Waals surface area (Å²) in [7, 11) is 1.79. The van der Waals surface area contributed by atoms with E-state index in [2.05, 4.69) is 32.9 Å². The van der Waals surface area contributed by atoms with Gasteiger partial charge in [0.1, 0.15) is 0 Å². The van der Waals surface area contributed by atoms with Crippen LogP contribution in [-0.4, -0.2) is 31.0 Å². The number of rotatable bonds is 5. The summed E-state index contributed by atoms with van der Waals surface area (Å²) in [5, 5.41) is 0. The minimum atomic E-state index is -0.422. The summed E-state index contributed by atoms with van der Waals surface area (Å²) in [6.45, 7) is 6.53. The Labute approximate surface area is 139 Å². The van der Waals surface area contributed by atoms with Gasteiger partial charge in [0.15, 0.2) is 0 Å². The lowest BCUT2D eigenvalue weighted by Crippen LogP contribution is -2.42. The van der Waals surface area contributed by atoms with E-state index in [-0.39, 0.29) is 23.7 Å². The predicted octanol–water partition coefficient (Wildman–Crippen LogP) is 3.45. The monoisotopic (exact) mass is 330 g/mol. The predicted molar refractivity (Wildman–Crippen MR) is 96.8 cm³/mol. The van der Waals surface area contributed by atoms with Crippen LogP contribution in [0.2, 0.25) is 0 Å². The molecule has 0 radical (unpaired) electrons. The van der Waals surface area contributed by atoms with E-state index in [0.29, 0.717) is 6.42 Å². The van der Waals surface area contributed by atoms with E-state index in [4.69, 9.17) is 5.73 Å². The van der Waals surface area contributed by atoms with Crippen LogP contribution in [0.1, 0.15) is 32.8 Å². The van der Waals surface area contributed by atoms with Crippen molar-refractivity contribution in [2.24, 2.45) is 5.73 Å². The summed E-state index contributed by atoms with van der Waals surface area (Å²) in [4.78, 5) is 13.9. The molecule has 1 aromatic carbocycles. The molecule has 21 heavy (non-hydrogen) atoms. The number of anilines is 1. The fraction of sp³-hybridized carbons (Fsp3) is 0.562. The molecule has 0 unspecified atom stereocenters. The number of nitrogens with zero attached hydrogens (tertiary/aromatic N) is 1. The van der Waals surface area contributed by atoms with E-state index in [1.807, 2.05) is 18.4 Å². The van der Waals surface area contributed by atoms with E-state index in [9.17, 15) is 4.79 Å². The van der Waals surface area contributed by atoms with Gasteiger partial charge in [-0.2, -0.15) is 11.8 Å². The number of thioether (sulfide) groups is 1. The van der Waals surface area contributed by atoms with Gasteiger partial charge < -0.3 is 10.6 Å². The van der Waals surface area contributed by atoms with Crippen LogP contribution in [0.3, 0.4) is 0 Å². The van der Waals surface area contributed by atoms with Crippen molar-refractivity contribution in [3.8, 4) is 0 Å². The maximum atomic E-state index is 12.2. The molecule has 0 aromatic heterocycles. The number of carbonyl (C=O) groups is 1. The Kier molecular flexibility index (Phi) is 8.37. The highest BCUT2D eigenvalue weighted by Crippen LogP contribution is 2.24. The van der Waals surface area contributed by atoms with Gasteiger partial charge in [-0.15, -0.1) is 12.4 Å². The minimum Gasteiger partial charge on any atom is -0.320 e. The van der Waals surface area contributed by atoms with Crippen molar-refractivity contribution >= 4 is 35.8 Å². The maximum absolute atomic E-state index is 12.2. The number of amides is 1. The second kappa shape index (κ2) is 8.66. The van der Waals surface area contributed by atoms with Crippen molar-refractivity contribution in [2.75, 3.05) is 24.0 Å². The summed E-state index contributed by atoms with van der Waals surface area (Å²) < 4.78 is 0. The molecule has 0 heterocycles. The van der Waals surface area contributed by atoms with E-state index < -0.39 is 6.04 Å². The lowest BCUT2D eigenvalue weighted by molar-refractivity contribution is -0.119. The molecule has 0 spiro atoms. The first-order chi connectivity index (χ1) is 9.27. The van der Waals surface area contributed by atoms with Crippen molar-refractivity contribution in [3.05, 3.63) is 29.8 Å². The van der Waals surface area contributed by atoms with Crippen molar-refractivity contribution in [3.63, 3.8) is 0 Å². The zero-order valence-corrected chi connectivity index (χ0v) is 15.2. The molecular formula is C16H27ClN2OS. The molecule has 3 nitrogen and oxygen atoms in total. The number of benzene rings is 1. The van der Waals surface area contributed by atoms with E-state index in [1.54, 1.807) is 23.7 Å². The average Bonchev–Trinajstić information content (AvgIpc) is 2.42. The number of hydrogen-bond donors (Lipinski definition) is 1. The molecule has 0 saturated heterocycles. The molecule has 5 heteroatoms. The van der Waals surface area contributed by atoms with E-state index in [0.717, 1.165) is 11.4 Å². The Morgan fingerprint density at radius 2 is 1.81 bits per heavy atom. The summed E-state index contributed by atoms with van der Waals surface area (Å²) in [6.07, 6.45) is 2.73. The second-order valence-corrected chi connectivity index (χ2v) is 7.07. The highest BCUT2D eigenvalue weighted by atomic mass is 35.5. The largest absolute Gasteiger partial charge is 0.320 e. The Balaban J connectivity index is 0.00000400. The first-order valence-corrected chi connectivity index (χ1v) is 8.29. The van der Waals surface area contributed by atoms with Crippen molar-refractivity contribution in [1.82, 2.24) is 0 Å². The minimum absolute atomic E-state index is 0. The summed E-state index contributed by atoms with van der Waals surface area (Å²) >= 11 is 1.71. The Morgan fingerprint density at radius 1 is 1.29 bits per heavy atom. The molecular weight excluding hydrogens is 304 g/mol. The molecule has 120 valence electrons. The lowest BCUT2D eigenvalue weighted by atomic mass is 9.87. The molecule has 0 saturated carbocycles. The van der Waals surface area contributed by atoms with Gasteiger partial charge in [-0.05, 0) is 41.5 Å². The molecule has 1 rings (SSSR count). The molecule has 0 aliphatic rings. The van der Waals surface area contributed by atoms with Crippen LogP contribution in [0.15, 0.2) is 24.3 Å². The maximum Gasteiger partial charge on any atom is 0.243 e. The summed E-state index contributed by atoms with van der Waals surface area (Å²) in [5.74, 6) is 0.881. The molecule has 0 fully saturated rings. The number of nitrogens with two attached hydrogens (primary N) is 1. The molecule has 0 aliphatic heterocycles. The Hall–Kier alpha value is -0.710. The number of hydrogen-bond acceptors (Lipinski definition) is 3. The Bertz CT molecular complexity index is 443. The van der Waals surface area contributed by atoms with Crippen LogP contribution >= 0.6 is 24.2 Å². The first kappa shape index (κ1) is 20.3. The van der Waals surface area contributed by atoms with Gasteiger partial charge in [-0.1, -0.05) is 32.9 Å². The quantitative estimate of drug-likeness (QED) is 0.899. The SMILES string of the molecule is CSCC[C@H](N)C(=O)N(C)c1ccc(C(C)(C)C)cc1.Cl. The molecule has 0 aliphatic carbocycles. The van der Waals surface area contributed by atoms with Gasteiger partial charge in [0, 0.05) is 12.7 Å². The van der Waals surface area contributed by atoms with Gasteiger partial charge in [-0.3, -0.25) is 4.79 Å². The third-order valence-corrected chi connectivity index (χ3v) is 4.05. The van der Waals surface area contributed by atoms with Crippen molar-refractivity contribution in [2.45, 2.75) is 38.6 Å². The van der Waals surface area contributed by atoms with Gasteiger partial charge in [-0.25, -0.2) is 0 Å². The van der Waals surface area contributed by atoms with Gasteiger partial charge in [0.2, 0.25) is 5.91 Å². The van der Waals surface area contributed by atoms with Gasteiger partial charge in [0.25, 0.3) is 0 Å². The smallest absolute Gasteiger partial charge is 0.243 e. The first-order valence-electron chi connectivity index (χ1n) is 6.90. The zero-order chi connectivity index (χ0) is 15.3. The van der Waals surface area contributed by atoms with Gasteiger partial charge in [0.05, 0.1) is 6.04 Å². The highest BCUT2D eigenvalue weighted by Gasteiger charge is 2.19. The third kappa shape index (κ3) is 5.89. The fourth-order valence-electron chi connectivity index (χ4n) is 1.93. The van der Waals surface area contributed by atoms with E-state index >= 15 is 0 Å². The summed E-state index contributed by atoms with van der Waals surface area (Å²) in [6, 6.07) is 7.70. The average molecular weight is 331 g/mol. The van der Waals surface area contributed by atoms with Crippen molar-refractivity contribution < 1.29 is 4.79 Å². The third-order valence-electron chi connectivity index (χ3n) is 3.40. The van der Waals surface area contributed by atoms with Crippen LogP contribution in [0, 0.1) is 0 Å². The van der Waals surface area contributed by atoms with Crippen LogP contribution < -0.4 is 10.6 Å². The topological polar surface area (TPSA) is 46.3 Å². The van der Waals surface area contributed by atoms with Crippen LogP contribution in [-0.2, 0) is 10.2 Å². The molecule has 1 atom stereocenters. The van der Waals surface area contributed by atoms with Crippen molar-refractivity contribution in [1.29, 1.82) is 0 Å². The van der Waals surface area contributed by atoms with Gasteiger partial charge >= 0.3 is 0 Å². The molecule has 0 bridgehead atoms. The summed E-state index contributed by atoms with van der Waals surface area (Å²) in [5.41, 5.74) is 8.21. The lowest BCUT2D eigenvalue weighted by Gasteiger charge is -2.23. The van der Waals surface area contributed by atoms with E-state index in [1.165, 1.54) is 5.56 Å². The number of halogens is 1. The van der Waals surface area contributed by atoms with Crippen LogP contribution in [0.25, 0.3) is 0 Å². The van der Waals surface area contributed by atoms with Crippen LogP contribution in [0.5, 0.6) is 0 Å². The molecule has 1 aromatic rings. The second-order valence-electron chi connectivity index (χ2n) is 6.08. The zero-order valence-electron chi connectivity index (χ0n) is 13.6. The number of likely N-dealkylation sites (N-methyl/N-ethyl adjacent to an activating group) is 1. The molecule has 1 amide bonds. The fourth-order valence-corrected chi connectivity index (χ4v) is 2.42. The number of carbonyl (C=O) groups excluding carboxylic acids is 1. The normalized spacial score (nSPS) is 12.5. The standard InChI is InChI=1S/C16H26N2OS.ClH/c1-16(2,3)12-6-8-13(9-7-12)18(4)15(19)14(17)10-11-20-5;/h6-9,14H,10-11,17H2,1-5H3;1H/t14-;/m0./s1. The Morgan fingerprint density at radius 3 is 2.24 bits per heavy atom. The highest BCUT2D eigenvalue weighted by molar-refractivity contribution is 7.98. The van der Waals surface area contributed by atoms with Crippen LogP contribution in [0.4, 0.5) is 5.69 Å². The molecule has 2 N–H and O–H groups in total.